The van der Waals surface area contributed by atoms with E-state index in [2.05, 4.69) is 5.32 Å². The lowest BCUT2D eigenvalue weighted by Gasteiger charge is -2.16. The standard InChI is InChI=1S/C22H27FN2O3/c1-4-27-20-10-17-9-15(2)28-21(17)11-18(20)12-24-22(26)14-25(3)13-16-5-7-19(23)8-6-16/h5-8,10-11,15H,4,9,12-14H2,1-3H3,(H,24,26)/p+1/t15-/m0/s1. The van der Waals surface area contributed by atoms with E-state index in [9.17, 15) is 9.18 Å². The summed E-state index contributed by atoms with van der Waals surface area (Å²) in [5.41, 5.74) is 3.06. The number of fused-ring (bicyclic) bond motifs is 1. The maximum absolute atomic E-state index is 13.0. The second-order valence-electron chi connectivity index (χ2n) is 7.35. The average Bonchev–Trinajstić information content (AvgIpc) is 3.00. The van der Waals surface area contributed by atoms with Crippen LogP contribution in [0.25, 0.3) is 0 Å². The molecule has 1 heterocycles. The van der Waals surface area contributed by atoms with Crippen LogP contribution in [-0.4, -0.2) is 32.2 Å². The highest BCUT2D eigenvalue weighted by Crippen LogP contribution is 2.35. The number of ether oxygens (including phenoxy) is 2. The molecule has 1 unspecified atom stereocenters. The summed E-state index contributed by atoms with van der Waals surface area (Å²) in [7, 11) is 1.94. The fraction of sp³-hybridized carbons (Fsp3) is 0.409. The summed E-state index contributed by atoms with van der Waals surface area (Å²) in [5.74, 6) is 1.37. The van der Waals surface area contributed by atoms with Crippen LogP contribution in [-0.2, 0) is 24.3 Å². The van der Waals surface area contributed by atoms with E-state index < -0.39 is 0 Å². The third-order valence-electron chi connectivity index (χ3n) is 4.74. The molecule has 6 heteroatoms. The van der Waals surface area contributed by atoms with Crippen LogP contribution in [0.1, 0.15) is 30.5 Å². The van der Waals surface area contributed by atoms with Crippen LogP contribution < -0.4 is 19.7 Å². The van der Waals surface area contributed by atoms with Crippen LogP contribution in [0.2, 0.25) is 0 Å². The second-order valence-corrected chi connectivity index (χ2v) is 7.35. The normalized spacial score (nSPS) is 16.2. The lowest BCUT2D eigenvalue weighted by Crippen LogP contribution is -3.08. The zero-order valence-corrected chi connectivity index (χ0v) is 16.7. The van der Waals surface area contributed by atoms with E-state index in [4.69, 9.17) is 9.47 Å². The summed E-state index contributed by atoms with van der Waals surface area (Å²) in [6.07, 6.45) is 1.04. The van der Waals surface area contributed by atoms with Crippen molar-refractivity contribution in [1.29, 1.82) is 0 Å². The van der Waals surface area contributed by atoms with Gasteiger partial charge in [0.2, 0.25) is 0 Å². The number of carbonyl (C=O) groups is 1. The van der Waals surface area contributed by atoms with Gasteiger partial charge in [0.05, 0.1) is 13.7 Å². The summed E-state index contributed by atoms with van der Waals surface area (Å²) in [6.45, 7) is 5.94. The largest absolute Gasteiger partial charge is 0.494 e. The molecule has 0 spiro atoms. The van der Waals surface area contributed by atoms with Crippen molar-refractivity contribution in [3.8, 4) is 11.5 Å². The Morgan fingerprint density at radius 3 is 2.79 bits per heavy atom. The van der Waals surface area contributed by atoms with Crippen LogP contribution in [0.5, 0.6) is 11.5 Å². The smallest absolute Gasteiger partial charge is 0.275 e. The number of quaternary nitrogens is 1. The van der Waals surface area contributed by atoms with Gasteiger partial charge in [-0.3, -0.25) is 4.79 Å². The van der Waals surface area contributed by atoms with Crippen molar-refractivity contribution in [1.82, 2.24) is 5.32 Å². The van der Waals surface area contributed by atoms with Crippen LogP contribution >= 0.6 is 0 Å². The van der Waals surface area contributed by atoms with E-state index in [-0.39, 0.29) is 17.8 Å². The Morgan fingerprint density at radius 1 is 1.32 bits per heavy atom. The van der Waals surface area contributed by atoms with Crippen molar-refractivity contribution in [3.05, 3.63) is 58.9 Å². The lowest BCUT2D eigenvalue weighted by molar-refractivity contribution is -0.885. The van der Waals surface area contributed by atoms with Crippen LogP contribution in [0, 0.1) is 5.82 Å². The first-order valence-electron chi connectivity index (χ1n) is 9.72. The Hall–Kier alpha value is -2.60. The molecule has 2 N–H and O–H groups in total. The Bertz CT molecular complexity index is 823. The monoisotopic (exact) mass is 387 g/mol. The molecule has 0 fully saturated rings. The van der Waals surface area contributed by atoms with Crippen LogP contribution in [0.4, 0.5) is 4.39 Å². The molecule has 0 radical (unpaired) electrons. The highest BCUT2D eigenvalue weighted by atomic mass is 19.1. The molecule has 0 aromatic heterocycles. The molecule has 3 rings (SSSR count). The minimum Gasteiger partial charge on any atom is -0.494 e. The van der Waals surface area contributed by atoms with Crippen LogP contribution in [0.3, 0.4) is 0 Å². The van der Waals surface area contributed by atoms with E-state index >= 15 is 0 Å². The van der Waals surface area contributed by atoms with E-state index in [1.54, 1.807) is 12.1 Å². The third-order valence-corrected chi connectivity index (χ3v) is 4.74. The SMILES string of the molecule is CCOc1cc2c(cc1CNC(=O)C[NH+](C)Cc1ccc(F)cc1)O[C@@H](C)C2. The Balaban J connectivity index is 1.56. The van der Waals surface area contributed by atoms with Gasteiger partial charge in [0.25, 0.3) is 5.91 Å². The average molecular weight is 387 g/mol. The van der Waals surface area contributed by atoms with E-state index in [0.717, 1.165) is 39.5 Å². The maximum atomic E-state index is 13.0. The van der Waals surface area contributed by atoms with Crippen molar-refractivity contribution in [3.63, 3.8) is 0 Å². The Kier molecular flexibility index (Phi) is 6.52. The molecule has 0 saturated carbocycles. The summed E-state index contributed by atoms with van der Waals surface area (Å²) >= 11 is 0. The molecule has 2 aromatic rings. The first-order valence-corrected chi connectivity index (χ1v) is 9.72. The molecule has 1 amide bonds. The number of amides is 1. The van der Waals surface area contributed by atoms with Gasteiger partial charge in [-0.25, -0.2) is 4.39 Å². The molecule has 0 saturated heterocycles. The fourth-order valence-electron chi connectivity index (χ4n) is 3.45. The molecule has 1 aliphatic heterocycles. The number of nitrogens with one attached hydrogen (secondary N) is 2. The van der Waals surface area contributed by atoms with Gasteiger partial charge >= 0.3 is 0 Å². The van der Waals surface area contributed by atoms with E-state index in [1.807, 2.05) is 33.0 Å². The van der Waals surface area contributed by atoms with E-state index in [0.29, 0.717) is 26.2 Å². The van der Waals surface area contributed by atoms with Gasteiger partial charge in [-0.2, -0.15) is 0 Å². The zero-order valence-electron chi connectivity index (χ0n) is 16.7. The summed E-state index contributed by atoms with van der Waals surface area (Å²) < 4.78 is 24.6. The molecule has 2 atom stereocenters. The number of hydrogen-bond acceptors (Lipinski definition) is 3. The van der Waals surface area contributed by atoms with Crippen LogP contribution in [0.15, 0.2) is 36.4 Å². The summed E-state index contributed by atoms with van der Waals surface area (Å²) in [5, 5.41) is 2.97. The molecule has 5 nitrogen and oxygen atoms in total. The minimum absolute atomic E-state index is 0.0446. The number of halogens is 1. The number of carbonyl (C=O) groups excluding carboxylic acids is 1. The number of hydrogen-bond donors (Lipinski definition) is 2. The maximum Gasteiger partial charge on any atom is 0.275 e. The van der Waals surface area contributed by atoms with Gasteiger partial charge in [-0.15, -0.1) is 0 Å². The number of likely N-dealkylation sites (N-methyl/N-ethyl adjacent to an activating group) is 1. The van der Waals surface area contributed by atoms with Gasteiger partial charge in [0, 0.05) is 29.7 Å². The molecular formula is C22H28FN2O3+. The van der Waals surface area contributed by atoms with Crippen molar-refractivity contribution >= 4 is 5.91 Å². The first kappa shape index (κ1) is 20.1. The predicted octanol–water partition coefficient (Wildman–Crippen LogP) is 1.88. The molecule has 150 valence electrons. The first-order chi connectivity index (χ1) is 13.4. The van der Waals surface area contributed by atoms with Crippen molar-refractivity contribution in [2.45, 2.75) is 39.5 Å². The highest BCUT2D eigenvalue weighted by molar-refractivity contribution is 5.76. The molecule has 0 bridgehead atoms. The number of rotatable bonds is 8. The van der Waals surface area contributed by atoms with Crippen molar-refractivity contribution in [2.75, 3.05) is 20.2 Å². The van der Waals surface area contributed by atoms with Gasteiger partial charge in [-0.05, 0) is 38.1 Å². The Labute approximate surface area is 165 Å². The summed E-state index contributed by atoms with van der Waals surface area (Å²) in [4.78, 5) is 13.4. The predicted molar refractivity (Wildman–Crippen MR) is 105 cm³/mol. The zero-order chi connectivity index (χ0) is 20.1. The molecular weight excluding hydrogens is 359 g/mol. The molecule has 2 aromatic carbocycles. The van der Waals surface area contributed by atoms with Crippen molar-refractivity contribution in [2.24, 2.45) is 0 Å². The quantitative estimate of drug-likeness (QED) is 0.727. The van der Waals surface area contributed by atoms with Crippen molar-refractivity contribution < 1.29 is 23.6 Å². The lowest BCUT2D eigenvalue weighted by atomic mass is 10.1. The summed E-state index contributed by atoms with van der Waals surface area (Å²) in [6, 6.07) is 10.4. The molecule has 0 aliphatic carbocycles. The topological polar surface area (TPSA) is 52.0 Å². The van der Waals surface area contributed by atoms with Gasteiger partial charge in [0.15, 0.2) is 6.54 Å². The van der Waals surface area contributed by atoms with Gasteiger partial charge in [-0.1, -0.05) is 12.1 Å². The number of benzene rings is 2. The molecule has 1 aliphatic rings. The minimum atomic E-state index is -0.253. The Morgan fingerprint density at radius 2 is 2.07 bits per heavy atom. The van der Waals surface area contributed by atoms with Gasteiger partial charge < -0.3 is 19.7 Å². The fourth-order valence-corrected chi connectivity index (χ4v) is 3.45. The van der Waals surface area contributed by atoms with E-state index in [1.165, 1.54) is 12.1 Å². The highest BCUT2D eigenvalue weighted by Gasteiger charge is 2.22. The molecule has 28 heavy (non-hydrogen) atoms. The second kappa shape index (κ2) is 9.06. The van der Waals surface area contributed by atoms with Gasteiger partial charge in [0.1, 0.15) is 30.0 Å². The third kappa shape index (κ3) is 5.23.